The van der Waals surface area contributed by atoms with Crippen molar-refractivity contribution in [1.82, 2.24) is 15.1 Å². The van der Waals surface area contributed by atoms with Gasteiger partial charge in [0, 0.05) is 19.2 Å². The number of hydrogen-bond acceptors (Lipinski definition) is 3. The van der Waals surface area contributed by atoms with Crippen LogP contribution < -0.4 is 5.32 Å². The van der Waals surface area contributed by atoms with E-state index in [0.717, 1.165) is 12.8 Å². The molecule has 0 aliphatic heterocycles. The average molecular weight is 279 g/mol. The Morgan fingerprint density at radius 1 is 1.50 bits per heavy atom. The zero-order chi connectivity index (χ0) is 14.5. The van der Waals surface area contributed by atoms with Gasteiger partial charge in [-0.2, -0.15) is 5.10 Å². The first-order chi connectivity index (χ1) is 9.56. The van der Waals surface area contributed by atoms with E-state index < -0.39 is 5.97 Å². The van der Waals surface area contributed by atoms with Crippen LogP contribution in [0.25, 0.3) is 0 Å². The molecule has 2 N–H and O–H groups in total. The summed E-state index contributed by atoms with van der Waals surface area (Å²) in [7, 11) is 0. The van der Waals surface area contributed by atoms with Crippen LogP contribution in [0.5, 0.6) is 0 Å². The Kier molecular flexibility index (Phi) is 4.76. The highest BCUT2D eigenvalue weighted by Crippen LogP contribution is 2.28. The molecule has 110 valence electrons. The highest BCUT2D eigenvalue weighted by atomic mass is 16.4. The molecular weight excluding hydrogens is 258 g/mol. The minimum absolute atomic E-state index is 0.0524. The Labute approximate surface area is 118 Å². The molecule has 0 aromatic carbocycles. The molecule has 1 atom stereocenters. The van der Waals surface area contributed by atoms with Crippen LogP contribution in [0.4, 0.5) is 0 Å². The largest absolute Gasteiger partial charge is 0.481 e. The number of carbonyl (C=O) groups excluding carboxylic acids is 1. The maximum absolute atomic E-state index is 11.9. The van der Waals surface area contributed by atoms with Crippen molar-refractivity contribution >= 4 is 11.9 Å². The van der Waals surface area contributed by atoms with Crippen LogP contribution in [-0.4, -0.2) is 33.3 Å². The predicted molar refractivity (Wildman–Crippen MR) is 73.5 cm³/mol. The molecular formula is C14H21N3O3. The van der Waals surface area contributed by atoms with Crippen molar-refractivity contribution in [2.45, 2.75) is 45.1 Å². The van der Waals surface area contributed by atoms with Crippen molar-refractivity contribution in [3.8, 4) is 0 Å². The summed E-state index contributed by atoms with van der Waals surface area (Å²) in [5, 5.41) is 15.7. The first-order valence-electron chi connectivity index (χ1n) is 7.11. The van der Waals surface area contributed by atoms with Crippen molar-refractivity contribution in [2.24, 2.45) is 5.92 Å². The minimum Gasteiger partial charge on any atom is -0.481 e. The van der Waals surface area contributed by atoms with Gasteiger partial charge in [0.2, 0.25) is 0 Å². The SMILES string of the molecule is C[C@H](CNC(=O)c1ccn(C2CCCC2)n1)CC(=O)O. The molecule has 2 rings (SSSR count). The van der Waals surface area contributed by atoms with Crippen molar-refractivity contribution in [2.75, 3.05) is 6.54 Å². The summed E-state index contributed by atoms with van der Waals surface area (Å²) < 4.78 is 1.88. The van der Waals surface area contributed by atoms with E-state index in [1.165, 1.54) is 12.8 Å². The van der Waals surface area contributed by atoms with E-state index in [9.17, 15) is 9.59 Å². The molecule has 0 saturated heterocycles. The topological polar surface area (TPSA) is 84.2 Å². The highest BCUT2D eigenvalue weighted by Gasteiger charge is 2.19. The number of nitrogens with zero attached hydrogens (tertiary/aromatic N) is 2. The van der Waals surface area contributed by atoms with Crippen LogP contribution >= 0.6 is 0 Å². The van der Waals surface area contributed by atoms with Gasteiger partial charge in [-0.15, -0.1) is 0 Å². The van der Waals surface area contributed by atoms with E-state index in [-0.39, 0.29) is 18.2 Å². The van der Waals surface area contributed by atoms with Gasteiger partial charge in [0.1, 0.15) is 5.69 Å². The molecule has 1 aromatic rings. The van der Waals surface area contributed by atoms with Crippen LogP contribution in [0.3, 0.4) is 0 Å². The third kappa shape index (κ3) is 3.82. The number of nitrogens with one attached hydrogen (secondary N) is 1. The summed E-state index contributed by atoms with van der Waals surface area (Å²) in [4.78, 5) is 22.5. The number of hydrogen-bond donors (Lipinski definition) is 2. The minimum atomic E-state index is -0.850. The summed E-state index contributed by atoms with van der Waals surface area (Å²) in [6.45, 7) is 2.15. The van der Waals surface area contributed by atoms with Crippen LogP contribution in [0, 0.1) is 5.92 Å². The van der Waals surface area contributed by atoms with Gasteiger partial charge in [0.15, 0.2) is 0 Å². The molecule has 20 heavy (non-hydrogen) atoms. The molecule has 1 aliphatic rings. The van der Waals surface area contributed by atoms with Gasteiger partial charge in [-0.1, -0.05) is 19.8 Å². The Morgan fingerprint density at radius 2 is 2.20 bits per heavy atom. The lowest BCUT2D eigenvalue weighted by Gasteiger charge is -2.10. The van der Waals surface area contributed by atoms with Crippen LogP contribution in [0.2, 0.25) is 0 Å². The van der Waals surface area contributed by atoms with Gasteiger partial charge in [-0.25, -0.2) is 0 Å². The lowest BCUT2D eigenvalue weighted by atomic mass is 10.1. The van der Waals surface area contributed by atoms with E-state index in [2.05, 4.69) is 10.4 Å². The lowest BCUT2D eigenvalue weighted by molar-refractivity contribution is -0.137. The second-order valence-corrected chi connectivity index (χ2v) is 5.53. The molecule has 0 spiro atoms. The molecule has 1 aromatic heterocycles. The average Bonchev–Trinajstić information content (AvgIpc) is 3.04. The molecule has 1 heterocycles. The quantitative estimate of drug-likeness (QED) is 0.832. The number of aliphatic carboxylic acids is 1. The van der Waals surface area contributed by atoms with Crippen LogP contribution in [0.1, 0.15) is 55.6 Å². The Morgan fingerprint density at radius 3 is 2.85 bits per heavy atom. The number of rotatable bonds is 6. The summed E-state index contributed by atoms with van der Waals surface area (Å²) >= 11 is 0. The first-order valence-corrected chi connectivity index (χ1v) is 7.11. The number of carboxylic acid groups (broad SMARTS) is 1. The normalized spacial score (nSPS) is 17.1. The molecule has 1 saturated carbocycles. The fraction of sp³-hybridized carbons (Fsp3) is 0.643. The second-order valence-electron chi connectivity index (χ2n) is 5.53. The van der Waals surface area contributed by atoms with E-state index in [0.29, 0.717) is 18.3 Å². The summed E-state index contributed by atoms with van der Waals surface area (Å²) in [5.41, 5.74) is 0.402. The first kappa shape index (κ1) is 14.6. The summed E-state index contributed by atoms with van der Waals surface area (Å²) in [6.07, 6.45) is 6.59. The third-order valence-electron chi connectivity index (χ3n) is 3.67. The van der Waals surface area contributed by atoms with Gasteiger partial charge in [0.05, 0.1) is 6.04 Å². The maximum Gasteiger partial charge on any atom is 0.303 e. The fourth-order valence-electron chi connectivity index (χ4n) is 2.56. The van der Waals surface area contributed by atoms with Crippen molar-refractivity contribution < 1.29 is 14.7 Å². The second kappa shape index (κ2) is 6.54. The number of carboxylic acids is 1. The zero-order valence-electron chi connectivity index (χ0n) is 11.7. The molecule has 0 radical (unpaired) electrons. The van der Waals surface area contributed by atoms with Gasteiger partial charge in [0.25, 0.3) is 5.91 Å². The van der Waals surface area contributed by atoms with E-state index in [4.69, 9.17) is 5.11 Å². The molecule has 0 unspecified atom stereocenters. The third-order valence-corrected chi connectivity index (χ3v) is 3.67. The van der Waals surface area contributed by atoms with Crippen molar-refractivity contribution in [1.29, 1.82) is 0 Å². The van der Waals surface area contributed by atoms with Crippen LogP contribution in [0.15, 0.2) is 12.3 Å². The van der Waals surface area contributed by atoms with E-state index >= 15 is 0 Å². The van der Waals surface area contributed by atoms with Gasteiger partial charge >= 0.3 is 5.97 Å². The summed E-state index contributed by atoms with van der Waals surface area (Å²) in [5.74, 6) is -1.18. The lowest BCUT2D eigenvalue weighted by Crippen LogP contribution is -2.29. The van der Waals surface area contributed by atoms with Crippen molar-refractivity contribution in [3.05, 3.63) is 18.0 Å². The zero-order valence-corrected chi connectivity index (χ0v) is 11.7. The summed E-state index contributed by atoms with van der Waals surface area (Å²) in [6, 6.07) is 2.14. The van der Waals surface area contributed by atoms with Gasteiger partial charge in [-0.05, 0) is 24.8 Å². The molecule has 1 amide bonds. The van der Waals surface area contributed by atoms with E-state index in [1.54, 1.807) is 13.0 Å². The molecule has 1 aliphatic carbocycles. The number of carbonyl (C=O) groups is 2. The molecule has 6 heteroatoms. The van der Waals surface area contributed by atoms with Gasteiger partial charge in [-0.3, -0.25) is 14.3 Å². The number of amides is 1. The highest BCUT2D eigenvalue weighted by molar-refractivity contribution is 5.92. The fourth-order valence-corrected chi connectivity index (χ4v) is 2.56. The van der Waals surface area contributed by atoms with Crippen LogP contribution in [-0.2, 0) is 4.79 Å². The smallest absolute Gasteiger partial charge is 0.303 e. The van der Waals surface area contributed by atoms with Crippen molar-refractivity contribution in [3.63, 3.8) is 0 Å². The molecule has 6 nitrogen and oxygen atoms in total. The van der Waals surface area contributed by atoms with Gasteiger partial charge < -0.3 is 10.4 Å². The Bertz CT molecular complexity index is 478. The predicted octanol–water partition coefficient (Wildman–Crippen LogP) is 1.84. The molecule has 0 bridgehead atoms. The Hall–Kier alpha value is -1.85. The van der Waals surface area contributed by atoms with E-state index in [1.807, 2.05) is 10.9 Å². The monoisotopic (exact) mass is 279 g/mol. The standard InChI is InChI=1S/C14H21N3O3/c1-10(8-13(18)19)9-15-14(20)12-6-7-17(16-12)11-4-2-3-5-11/h6-7,10-11H,2-5,8-9H2,1H3,(H,15,20)(H,18,19)/t10-/m0/s1. The maximum atomic E-state index is 11.9. The number of aromatic nitrogens is 2. The Balaban J connectivity index is 1.84. The molecule has 1 fully saturated rings.